The number of rotatable bonds is 4. The van der Waals surface area contributed by atoms with Crippen LogP contribution >= 0.6 is 0 Å². The summed E-state index contributed by atoms with van der Waals surface area (Å²) in [4.78, 5) is 0. The zero-order valence-electron chi connectivity index (χ0n) is 13.4. The molecule has 0 fully saturated rings. The monoisotopic (exact) mass is 310 g/mol. The van der Waals surface area contributed by atoms with Crippen LogP contribution < -0.4 is 20.1 Å². The van der Waals surface area contributed by atoms with Crippen molar-refractivity contribution in [2.75, 3.05) is 25.5 Å². The first-order chi connectivity index (χ1) is 11.4. The fraction of sp³-hybridized carbons (Fsp3) is 0.368. The Balaban J connectivity index is 1.72. The van der Waals surface area contributed by atoms with Gasteiger partial charge in [0.1, 0.15) is 6.61 Å². The van der Waals surface area contributed by atoms with E-state index in [0.717, 1.165) is 48.7 Å². The van der Waals surface area contributed by atoms with Gasteiger partial charge >= 0.3 is 0 Å². The fourth-order valence-electron chi connectivity index (χ4n) is 3.58. The maximum Gasteiger partial charge on any atom is 0.185 e. The first kappa shape index (κ1) is 14.4. The molecule has 4 nitrogen and oxygen atoms in total. The maximum atomic E-state index is 6.17. The van der Waals surface area contributed by atoms with Crippen LogP contribution in [0, 0.1) is 0 Å². The molecule has 1 atom stereocenters. The van der Waals surface area contributed by atoms with Crippen LogP contribution in [0.4, 0.5) is 5.69 Å². The van der Waals surface area contributed by atoms with Gasteiger partial charge in [0.2, 0.25) is 0 Å². The Hall–Kier alpha value is -2.20. The summed E-state index contributed by atoms with van der Waals surface area (Å²) in [5.41, 5.74) is 5.01. The third kappa shape index (κ3) is 2.63. The topological polar surface area (TPSA) is 42.5 Å². The molecule has 0 aromatic heterocycles. The lowest BCUT2D eigenvalue weighted by Crippen LogP contribution is -2.35. The molecule has 1 unspecified atom stereocenters. The van der Waals surface area contributed by atoms with Crippen LogP contribution in [0.25, 0.3) is 0 Å². The van der Waals surface area contributed by atoms with Crippen molar-refractivity contribution in [2.24, 2.45) is 0 Å². The zero-order valence-corrected chi connectivity index (χ0v) is 13.4. The molecular formula is C19H22N2O2. The SMILES string of the molecule is COc1cc2c3c(c1OCc1ccccc1)NCCC3NCC2. The Labute approximate surface area is 136 Å². The number of nitrogens with one attached hydrogen (secondary N) is 2. The highest BCUT2D eigenvalue weighted by Crippen LogP contribution is 2.47. The molecule has 0 amide bonds. The number of benzene rings is 2. The molecule has 4 heteroatoms. The highest BCUT2D eigenvalue weighted by Gasteiger charge is 2.30. The van der Waals surface area contributed by atoms with Gasteiger partial charge in [0, 0.05) is 12.6 Å². The van der Waals surface area contributed by atoms with Gasteiger partial charge in [-0.2, -0.15) is 0 Å². The smallest absolute Gasteiger partial charge is 0.185 e. The first-order valence-corrected chi connectivity index (χ1v) is 8.24. The normalized spacial score (nSPS) is 18.7. The lowest BCUT2D eigenvalue weighted by molar-refractivity contribution is 0.284. The number of anilines is 1. The van der Waals surface area contributed by atoms with E-state index in [-0.39, 0.29) is 0 Å². The third-order valence-corrected chi connectivity index (χ3v) is 4.69. The first-order valence-electron chi connectivity index (χ1n) is 8.24. The summed E-state index contributed by atoms with van der Waals surface area (Å²) in [5, 5.41) is 7.16. The van der Waals surface area contributed by atoms with Gasteiger partial charge in [0.15, 0.2) is 11.5 Å². The number of methoxy groups -OCH3 is 1. The molecule has 0 aliphatic carbocycles. The Bertz CT molecular complexity index is 698. The molecule has 0 saturated carbocycles. The molecule has 0 saturated heterocycles. The molecule has 2 aromatic rings. The van der Waals surface area contributed by atoms with Crippen molar-refractivity contribution in [1.82, 2.24) is 5.32 Å². The Morgan fingerprint density at radius 3 is 2.87 bits per heavy atom. The van der Waals surface area contributed by atoms with Crippen LogP contribution in [0.3, 0.4) is 0 Å². The van der Waals surface area contributed by atoms with Gasteiger partial charge in [-0.1, -0.05) is 30.3 Å². The Kier molecular flexibility index (Phi) is 3.83. The van der Waals surface area contributed by atoms with E-state index in [1.54, 1.807) is 7.11 Å². The molecular weight excluding hydrogens is 288 g/mol. The van der Waals surface area contributed by atoms with Crippen LogP contribution in [0.1, 0.15) is 29.2 Å². The average molecular weight is 310 g/mol. The van der Waals surface area contributed by atoms with Crippen LogP contribution in [0.15, 0.2) is 36.4 Å². The quantitative estimate of drug-likeness (QED) is 0.909. The van der Waals surface area contributed by atoms with E-state index in [1.165, 1.54) is 11.1 Å². The molecule has 0 bridgehead atoms. The predicted molar refractivity (Wildman–Crippen MR) is 91.3 cm³/mol. The van der Waals surface area contributed by atoms with Crippen molar-refractivity contribution >= 4 is 5.69 Å². The number of hydrogen-bond donors (Lipinski definition) is 2. The molecule has 0 radical (unpaired) electrons. The second kappa shape index (κ2) is 6.13. The lowest BCUT2D eigenvalue weighted by Gasteiger charge is -2.35. The third-order valence-electron chi connectivity index (χ3n) is 4.69. The van der Waals surface area contributed by atoms with Crippen molar-refractivity contribution in [3.63, 3.8) is 0 Å². The predicted octanol–water partition coefficient (Wildman–Crippen LogP) is 3.28. The van der Waals surface area contributed by atoms with Crippen molar-refractivity contribution in [3.05, 3.63) is 53.1 Å². The highest BCUT2D eigenvalue weighted by molar-refractivity contribution is 5.72. The maximum absolute atomic E-state index is 6.17. The van der Waals surface area contributed by atoms with Gasteiger partial charge in [0.05, 0.1) is 12.8 Å². The van der Waals surface area contributed by atoms with Crippen LogP contribution in [0.2, 0.25) is 0 Å². The Morgan fingerprint density at radius 1 is 1.17 bits per heavy atom. The summed E-state index contributed by atoms with van der Waals surface area (Å²) >= 11 is 0. The molecule has 4 rings (SSSR count). The van der Waals surface area contributed by atoms with Crippen molar-refractivity contribution in [2.45, 2.75) is 25.5 Å². The minimum atomic E-state index is 0.431. The second-order valence-electron chi connectivity index (χ2n) is 6.10. The average Bonchev–Trinajstić information content (AvgIpc) is 2.62. The van der Waals surface area contributed by atoms with Crippen molar-refractivity contribution in [1.29, 1.82) is 0 Å². The standard InChI is InChI=1S/C19H22N2O2/c1-22-16-11-14-7-9-20-15-8-10-21-18(17(14)15)19(16)23-12-13-5-3-2-4-6-13/h2-6,11,15,20-21H,7-10,12H2,1H3. The van der Waals surface area contributed by atoms with Crippen LogP contribution in [0.5, 0.6) is 11.5 Å². The molecule has 120 valence electrons. The van der Waals surface area contributed by atoms with Gasteiger partial charge in [0.25, 0.3) is 0 Å². The summed E-state index contributed by atoms with van der Waals surface area (Å²) in [6, 6.07) is 12.8. The zero-order chi connectivity index (χ0) is 15.6. The van der Waals surface area contributed by atoms with Crippen molar-refractivity contribution in [3.8, 4) is 11.5 Å². The molecule has 23 heavy (non-hydrogen) atoms. The van der Waals surface area contributed by atoms with Gasteiger partial charge in [-0.05, 0) is 42.1 Å². The summed E-state index contributed by atoms with van der Waals surface area (Å²) < 4.78 is 11.8. The van der Waals surface area contributed by atoms with E-state index >= 15 is 0 Å². The van der Waals surface area contributed by atoms with E-state index in [4.69, 9.17) is 9.47 Å². The highest BCUT2D eigenvalue weighted by atomic mass is 16.5. The lowest BCUT2D eigenvalue weighted by atomic mass is 9.87. The second-order valence-corrected chi connectivity index (χ2v) is 6.10. The van der Waals surface area contributed by atoms with Gasteiger partial charge in [-0.3, -0.25) is 0 Å². The molecule has 2 aliphatic heterocycles. The van der Waals surface area contributed by atoms with E-state index in [2.05, 4.69) is 28.8 Å². The van der Waals surface area contributed by atoms with Crippen LogP contribution in [-0.4, -0.2) is 20.2 Å². The number of hydrogen-bond acceptors (Lipinski definition) is 4. The summed E-state index contributed by atoms with van der Waals surface area (Å²) in [7, 11) is 1.71. The summed E-state index contributed by atoms with van der Waals surface area (Å²) in [6.07, 6.45) is 2.15. The van der Waals surface area contributed by atoms with Gasteiger partial charge in [-0.15, -0.1) is 0 Å². The van der Waals surface area contributed by atoms with E-state index in [1.807, 2.05) is 18.2 Å². The minimum absolute atomic E-state index is 0.431. The van der Waals surface area contributed by atoms with Crippen molar-refractivity contribution < 1.29 is 9.47 Å². The van der Waals surface area contributed by atoms with E-state index < -0.39 is 0 Å². The van der Waals surface area contributed by atoms with Crippen LogP contribution in [-0.2, 0) is 13.0 Å². The summed E-state index contributed by atoms with van der Waals surface area (Å²) in [6.45, 7) is 2.53. The molecule has 2 aromatic carbocycles. The van der Waals surface area contributed by atoms with E-state index in [9.17, 15) is 0 Å². The van der Waals surface area contributed by atoms with E-state index in [0.29, 0.717) is 12.6 Å². The number of ether oxygens (including phenoxy) is 2. The fourth-order valence-corrected chi connectivity index (χ4v) is 3.58. The van der Waals surface area contributed by atoms with Gasteiger partial charge < -0.3 is 20.1 Å². The molecule has 2 N–H and O–H groups in total. The minimum Gasteiger partial charge on any atom is -0.493 e. The van der Waals surface area contributed by atoms with Gasteiger partial charge in [-0.25, -0.2) is 0 Å². The molecule has 2 heterocycles. The molecule has 0 spiro atoms. The summed E-state index contributed by atoms with van der Waals surface area (Å²) in [5.74, 6) is 1.66. The largest absolute Gasteiger partial charge is 0.493 e. The Morgan fingerprint density at radius 2 is 2.04 bits per heavy atom. The molecule has 2 aliphatic rings.